The molecule has 6 nitrogen and oxygen atoms in total. The molecule has 1 aromatic heterocycles. The van der Waals surface area contributed by atoms with Gasteiger partial charge in [-0.3, -0.25) is 9.89 Å². The largest absolute Gasteiger partial charge is 0.313 e. The zero-order valence-corrected chi connectivity index (χ0v) is 13.4. The van der Waals surface area contributed by atoms with Crippen molar-refractivity contribution in [3.8, 4) is 6.19 Å². The van der Waals surface area contributed by atoms with Crippen molar-refractivity contribution in [1.82, 2.24) is 15.1 Å². The van der Waals surface area contributed by atoms with E-state index in [4.69, 9.17) is 5.26 Å². The maximum absolute atomic E-state index is 12.0. The van der Waals surface area contributed by atoms with Gasteiger partial charge < -0.3 is 10.2 Å². The second-order valence-electron chi connectivity index (χ2n) is 5.50. The molecule has 0 saturated heterocycles. The second kappa shape index (κ2) is 7.99. The van der Waals surface area contributed by atoms with Crippen LogP contribution in [0.5, 0.6) is 0 Å². The highest BCUT2D eigenvalue weighted by Crippen LogP contribution is 2.20. The Morgan fingerprint density at radius 3 is 2.83 bits per heavy atom. The van der Waals surface area contributed by atoms with Gasteiger partial charge in [-0.1, -0.05) is 37.3 Å². The monoisotopic (exact) mass is 311 g/mol. The minimum atomic E-state index is -0.101. The molecule has 23 heavy (non-hydrogen) atoms. The number of nitrogens with one attached hydrogen (secondary N) is 2. The van der Waals surface area contributed by atoms with E-state index in [-0.39, 0.29) is 11.8 Å². The van der Waals surface area contributed by atoms with Gasteiger partial charge in [0.1, 0.15) is 0 Å². The standard InChI is InChI=1S/C17H21N5O/c1-3-14(11-22(2)12-18)15-10-16(21-20-15)19-17(23)9-13-7-5-4-6-8-13/h4-8,10,14H,3,9,11H2,1-2H3,(H2,19,20,21,23). The fourth-order valence-electron chi connectivity index (χ4n) is 2.40. The maximum atomic E-state index is 12.0. The summed E-state index contributed by atoms with van der Waals surface area (Å²) in [5.74, 6) is 0.586. The predicted octanol–water partition coefficient (Wildman–Crippen LogP) is 2.50. The lowest BCUT2D eigenvalue weighted by molar-refractivity contribution is -0.115. The third-order valence-corrected chi connectivity index (χ3v) is 3.67. The fraction of sp³-hybridized carbons (Fsp3) is 0.353. The van der Waals surface area contributed by atoms with Gasteiger partial charge in [0.25, 0.3) is 0 Å². The Kier molecular flexibility index (Phi) is 5.75. The lowest BCUT2D eigenvalue weighted by Crippen LogP contribution is -2.19. The Morgan fingerprint density at radius 2 is 2.17 bits per heavy atom. The first-order valence-electron chi connectivity index (χ1n) is 7.62. The van der Waals surface area contributed by atoms with Gasteiger partial charge in [-0.05, 0) is 12.0 Å². The number of likely N-dealkylation sites (N-methyl/N-ethyl adjacent to an activating group) is 1. The van der Waals surface area contributed by atoms with Crippen LogP contribution in [0.4, 0.5) is 5.82 Å². The van der Waals surface area contributed by atoms with Gasteiger partial charge in [-0.25, -0.2) is 0 Å². The molecule has 0 aliphatic rings. The first-order chi connectivity index (χ1) is 11.1. The van der Waals surface area contributed by atoms with E-state index in [1.165, 1.54) is 0 Å². The lowest BCUT2D eigenvalue weighted by Gasteiger charge is -2.16. The van der Waals surface area contributed by atoms with Crippen LogP contribution in [0.3, 0.4) is 0 Å². The summed E-state index contributed by atoms with van der Waals surface area (Å²) in [5.41, 5.74) is 1.88. The Morgan fingerprint density at radius 1 is 1.43 bits per heavy atom. The fourth-order valence-corrected chi connectivity index (χ4v) is 2.40. The minimum absolute atomic E-state index is 0.101. The summed E-state index contributed by atoms with van der Waals surface area (Å²) in [6, 6.07) is 11.4. The Bertz CT molecular complexity index is 674. The van der Waals surface area contributed by atoms with Crippen LogP contribution in [-0.4, -0.2) is 34.6 Å². The molecule has 0 bridgehead atoms. The molecule has 1 aromatic carbocycles. The number of H-pyrrole nitrogens is 1. The van der Waals surface area contributed by atoms with E-state index in [2.05, 4.69) is 28.6 Å². The van der Waals surface area contributed by atoms with E-state index >= 15 is 0 Å². The Balaban J connectivity index is 1.96. The molecule has 1 heterocycles. The molecular weight excluding hydrogens is 290 g/mol. The molecule has 1 unspecified atom stereocenters. The maximum Gasteiger partial charge on any atom is 0.229 e. The number of carbonyl (C=O) groups excluding carboxylic acids is 1. The van der Waals surface area contributed by atoms with Crippen LogP contribution >= 0.6 is 0 Å². The number of anilines is 1. The van der Waals surface area contributed by atoms with Gasteiger partial charge in [0.2, 0.25) is 5.91 Å². The number of rotatable bonds is 7. The number of hydrogen-bond donors (Lipinski definition) is 2. The average Bonchev–Trinajstić information content (AvgIpc) is 3.01. The highest BCUT2D eigenvalue weighted by Gasteiger charge is 2.15. The SMILES string of the molecule is CCC(CN(C)C#N)c1cc(NC(=O)Cc2ccccc2)n[nH]1. The van der Waals surface area contributed by atoms with Crippen LogP contribution in [0.2, 0.25) is 0 Å². The molecule has 2 rings (SSSR count). The highest BCUT2D eigenvalue weighted by atomic mass is 16.1. The van der Waals surface area contributed by atoms with Crippen LogP contribution in [-0.2, 0) is 11.2 Å². The smallest absolute Gasteiger partial charge is 0.229 e. The van der Waals surface area contributed by atoms with E-state index in [9.17, 15) is 4.79 Å². The van der Waals surface area contributed by atoms with E-state index in [0.717, 1.165) is 17.7 Å². The zero-order chi connectivity index (χ0) is 16.7. The van der Waals surface area contributed by atoms with Gasteiger partial charge in [0.05, 0.1) is 6.42 Å². The zero-order valence-electron chi connectivity index (χ0n) is 13.4. The van der Waals surface area contributed by atoms with Crippen LogP contribution in [0, 0.1) is 11.5 Å². The second-order valence-corrected chi connectivity index (χ2v) is 5.50. The molecule has 1 amide bonds. The van der Waals surface area contributed by atoms with Crippen LogP contribution in [0.25, 0.3) is 0 Å². The van der Waals surface area contributed by atoms with Gasteiger partial charge in [0, 0.05) is 31.3 Å². The molecule has 1 atom stereocenters. The third-order valence-electron chi connectivity index (χ3n) is 3.67. The topological polar surface area (TPSA) is 84.8 Å². The molecule has 0 radical (unpaired) electrons. The van der Waals surface area contributed by atoms with Crippen LogP contribution in [0.1, 0.15) is 30.5 Å². The molecule has 2 aromatic rings. The summed E-state index contributed by atoms with van der Waals surface area (Å²) in [4.78, 5) is 13.6. The number of amides is 1. The molecule has 0 aliphatic carbocycles. The van der Waals surface area contributed by atoms with Crippen molar-refractivity contribution in [2.24, 2.45) is 0 Å². The lowest BCUT2D eigenvalue weighted by atomic mass is 10.0. The summed E-state index contributed by atoms with van der Waals surface area (Å²) >= 11 is 0. The molecular formula is C17H21N5O. The molecule has 120 valence electrons. The van der Waals surface area contributed by atoms with E-state index in [1.807, 2.05) is 36.4 Å². The Labute approximate surface area is 136 Å². The first kappa shape index (κ1) is 16.6. The summed E-state index contributed by atoms with van der Waals surface area (Å²) < 4.78 is 0. The molecule has 0 saturated carbocycles. The molecule has 0 fully saturated rings. The van der Waals surface area contributed by atoms with E-state index < -0.39 is 0 Å². The quantitative estimate of drug-likeness (QED) is 0.608. The predicted molar refractivity (Wildman–Crippen MR) is 88.6 cm³/mol. The molecule has 0 aliphatic heterocycles. The third kappa shape index (κ3) is 4.85. The van der Waals surface area contributed by atoms with E-state index in [1.54, 1.807) is 11.9 Å². The number of nitrogens with zero attached hydrogens (tertiary/aromatic N) is 3. The number of nitriles is 1. The summed E-state index contributed by atoms with van der Waals surface area (Å²) in [6.07, 6.45) is 3.29. The van der Waals surface area contributed by atoms with Gasteiger partial charge >= 0.3 is 0 Å². The van der Waals surface area contributed by atoms with Crippen molar-refractivity contribution in [2.45, 2.75) is 25.7 Å². The number of carbonyl (C=O) groups is 1. The summed E-state index contributed by atoms with van der Waals surface area (Å²) in [6.45, 7) is 2.68. The molecule has 6 heteroatoms. The number of aromatic nitrogens is 2. The van der Waals surface area contributed by atoms with Crippen molar-refractivity contribution in [3.63, 3.8) is 0 Å². The number of benzene rings is 1. The van der Waals surface area contributed by atoms with Crippen molar-refractivity contribution < 1.29 is 4.79 Å². The first-order valence-corrected chi connectivity index (χ1v) is 7.62. The molecule has 0 spiro atoms. The normalized spacial score (nSPS) is 11.5. The van der Waals surface area contributed by atoms with Crippen molar-refractivity contribution in [2.75, 3.05) is 18.9 Å². The van der Waals surface area contributed by atoms with Crippen LogP contribution in [0.15, 0.2) is 36.4 Å². The van der Waals surface area contributed by atoms with Crippen molar-refractivity contribution in [1.29, 1.82) is 5.26 Å². The number of hydrogen-bond acceptors (Lipinski definition) is 4. The number of aromatic amines is 1. The highest BCUT2D eigenvalue weighted by molar-refractivity contribution is 5.91. The summed E-state index contributed by atoms with van der Waals surface area (Å²) in [7, 11) is 1.75. The van der Waals surface area contributed by atoms with Crippen molar-refractivity contribution in [3.05, 3.63) is 47.7 Å². The van der Waals surface area contributed by atoms with E-state index in [0.29, 0.717) is 18.8 Å². The van der Waals surface area contributed by atoms with Crippen LogP contribution < -0.4 is 5.32 Å². The summed E-state index contributed by atoms with van der Waals surface area (Å²) in [5, 5.41) is 18.8. The van der Waals surface area contributed by atoms with Crippen molar-refractivity contribution >= 4 is 11.7 Å². The minimum Gasteiger partial charge on any atom is -0.313 e. The van der Waals surface area contributed by atoms with Gasteiger partial charge in [-0.15, -0.1) is 0 Å². The van der Waals surface area contributed by atoms with Gasteiger partial charge in [0.15, 0.2) is 12.0 Å². The van der Waals surface area contributed by atoms with Gasteiger partial charge in [-0.2, -0.15) is 10.4 Å². The Hall–Kier alpha value is -2.81. The molecule has 2 N–H and O–H groups in total. The average molecular weight is 311 g/mol.